The second-order valence-electron chi connectivity index (χ2n) is 9.09. The van der Waals surface area contributed by atoms with Gasteiger partial charge in [-0.15, -0.1) is 0 Å². The fraction of sp³-hybridized carbons (Fsp3) is 0.133. The molecule has 0 radical (unpaired) electrons. The van der Waals surface area contributed by atoms with Crippen molar-refractivity contribution in [2.45, 2.75) is 18.2 Å². The molecule has 4 aromatic rings. The Labute approximate surface area is 209 Å². The van der Waals surface area contributed by atoms with Crippen molar-refractivity contribution in [1.29, 1.82) is 0 Å². The van der Waals surface area contributed by atoms with E-state index in [-0.39, 0.29) is 11.8 Å². The third kappa shape index (κ3) is 3.68. The van der Waals surface area contributed by atoms with Gasteiger partial charge in [0.05, 0.1) is 17.6 Å². The molecule has 4 aromatic carbocycles. The lowest BCUT2D eigenvalue weighted by atomic mass is 9.89. The highest BCUT2D eigenvalue weighted by molar-refractivity contribution is 6.24. The standard InChI is InChI=1S/C30H25N3O3/c34-28(24-17-9-11-20-10-7-8-16-23(20)24)26-19-18-25-27(33(26)31-21-12-3-1-4-13-21)30(36)32(29(25)35)22-14-5-2-6-15-22/h1-19,25-28,31,34H. The summed E-state index contributed by atoms with van der Waals surface area (Å²) in [6.07, 6.45) is 2.66. The van der Waals surface area contributed by atoms with Crippen molar-refractivity contribution in [2.24, 2.45) is 5.92 Å². The summed E-state index contributed by atoms with van der Waals surface area (Å²) in [6, 6.07) is 30.8. The number of nitrogens with zero attached hydrogens (tertiary/aromatic N) is 2. The summed E-state index contributed by atoms with van der Waals surface area (Å²) < 4.78 is 0. The van der Waals surface area contributed by atoms with Crippen LogP contribution in [0.15, 0.2) is 115 Å². The van der Waals surface area contributed by atoms with Crippen LogP contribution in [0.25, 0.3) is 10.8 Å². The van der Waals surface area contributed by atoms with Crippen LogP contribution in [0.1, 0.15) is 11.7 Å². The fourth-order valence-corrected chi connectivity index (χ4v) is 5.26. The lowest BCUT2D eigenvalue weighted by Gasteiger charge is -2.41. The summed E-state index contributed by atoms with van der Waals surface area (Å²) in [5.41, 5.74) is 5.41. The van der Waals surface area contributed by atoms with E-state index in [1.807, 2.05) is 84.9 Å². The van der Waals surface area contributed by atoms with Crippen molar-refractivity contribution >= 4 is 34.0 Å². The fourth-order valence-electron chi connectivity index (χ4n) is 5.26. The molecule has 0 bridgehead atoms. The molecule has 1 saturated heterocycles. The SMILES string of the molecule is O=C1C2C=CC(C(O)c3cccc4ccccc34)N(Nc3ccccc3)C2C(=O)N1c1ccccc1. The molecule has 0 saturated carbocycles. The van der Waals surface area contributed by atoms with Gasteiger partial charge >= 0.3 is 0 Å². The second-order valence-corrected chi connectivity index (χ2v) is 9.09. The van der Waals surface area contributed by atoms with Crippen molar-refractivity contribution < 1.29 is 14.7 Å². The summed E-state index contributed by atoms with van der Waals surface area (Å²) in [5.74, 6) is -1.26. The highest BCUT2D eigenvalue weighted by Gasteiger charge is 2.54. The van der Waals surface area contributed by atoms with Gasteiger partial charge in [-0.3, -0.25) is 9.59 Å². The van der Waals surface area contributed by atoms with Gasteiger partial charge in [0.15, 0.2) is 0 Å². The molecule has 1 fully saturated rings. The van der Waals surface area contributed by atoms with Gasteiger partial charge < -0.3 is 10.5 Å². The maximum atomic E-state index is 13.8. The van der Waals surface area contributed by atoms with E-state index in [9.17, 15) is 14.7 Å². The van der Waals surface area contributed by atoms with Crippen molar-refractivity contribution in [3.05, 3.63) is 121 Å². The summed E-state index contributed by atoms with van der Waals surface area (Å²) in [5, 5.41) is 15.4. The largest absolute Gasteiger partial charge is 0.386 e. The van der Waals surface area contributed by atoms with Crippen LogP contribution >= 0.6 is 0 Å². The van der Waals surface area contributed by atoms with E-state index in [1.54, 1.807) is 35.4 Å². The number of carbonyl (C=O) groups excluding carboxylic acids is 2. The van der Waals surface area contributed by atoms with Gasteiger partial charge in [0.2, 0.25) is 5.91 Å². The van der Waals surface area contributed by atoms with Crippen LogP contribution in [-0.4, -0.2) is 34.0 Å². The molecule has 6 rings (SSSR count). The summed E-state index contributed by atoms with van der Waals surface area (Å²) in [6.45, 7) is 0. The van der Waals surface area contributed by atoms with E-state index in [1.165, 1.54) is 4.90 Å². The number of hydrogen-bond acceptors (Lipinski definition) is 5. The number of hydrogen-bond donors (Lipinski definition) is 2. The van der Waals surface area contributed by atoms with E-state index in [0.29, 0.717) is 5.69 Å². The third-order valence-corrected chi connectivity index (χ3v) is 6.97. The number of fused-ring (bicyclic) bond motifs is 2. The number of amides is 2. The van der Waals surface area contributed by atoms with Crippen LogP contribution in [-0.2, 0) is 9.59 Å². The Morgan fingerprint density at radius 1 is 0.722 bits per heavy atom. The summed E-state index contributed by atoms with van der Waals surface area (Å²) in [7, 11) is 0. The van der Waals surface area contributed by atoms with Crippen LogP contribution < -0.4 is 10.3 Å². The molecule has 0 aromatic heterocycles. The van der Waals surface area contributed by atoms with E-state index >= 15 is 0 Å². The summed E-state index contributed by atoms with van der Waals surface area (Å²) in [4.78, 5) is 28.4. The first-order chi connectivity index (χ1) is 17.6. The molecular formula is C30H25N3O3. The zero-order valence-corrected chi connectivity index (χ0v) is 19.4. The van der Waals surface area contributed by atoms with E-state index in [2.05, 4.69) is 5.43 Å². The maximum absolute atomic E-state index is 13.8. The van der Waals surface area contributed by atoms with Gasteiger partial charge in [0.25, 0.3) is 5.91 Å². The number of aliphatic hydroxyl groups excluding tert-OH is 1. The minimum Gasteiger partial charge on any atom is -0.386 e. The van der Waals surface area contributed by atoms with Crippen molar-refractivity contribution in [3.63, 3.8) is 0 Å². The Balaban J connectivity index is 1.43. The Bertz CT molecular complexity index is 1450. The second kappa shape index (κ2) is 9.07. The predicted molar refractivity (Wildman–Crippen MR) is 140 cm³/mol. The van der Waals surface area contributed by atoms with Gasteiger partial charge in [-0.1, -0.05) is 91.0 Å². The molecule has 0 aliphatic carbocycles. The Kier molecular flexibility index (Phi) is 5.60. The van der Waals surface area contributed by atoms with E-state index < -0.39 is 24.1 Å². The highest BCUT2D eigenvalue weighted by Crippen LogP contribution is 2.39. The molecule has 178 valence electrons. The zero-order chi connectivity index (χ0) is 24.6. The average molecular weight is 476 g/mol. The lowest BCUT2D eigenvalue weighted by Crippen LogP contribution is -2.55. The van der Waals surface area contributed by atoms with Gasteiger partial charge in [-0.25, -0.2) is 9.91 Å². The number of hydrazine groups is 1. The molecule has 2 aliphatic rings. The topological polar surface area (TPSA) is 72.9 Å². The highest BCUT2D eigenvalue weighted by atomic mass is 16.3. The van der Waals surface area contributed by atoms with Crippen LogP contribution in [0, 0.1) is 5.92 Å². The first kappa shape index (κ1) is 22.2. The molecule has 4 atom stereocenters. The molecule has 2 aliphatic heterocycles. The first-order valence-corrected chi connectivity index (χ1v) is 12.0. The number of imide groups is 1. The minimum atomic E-state index is -0.946. The third-order valence-electron chi connectivity index (χ3n) is 6.97. The molecule has 4 unspecified atom stereocenters. The quantitative estimate of drug-likeness (QED) is 0.323. The molecular weight excluding hydrogens is 450 g/mol. The molecule has 0 spiro atoms. The van der Waals surface area contributed by atoms with Gasteiger partial charge in [0, 0.05) is 5.69 Å². The Morgan fingerprint density at radius 2 is 1.39 bits per heavy atom. The molecule has 2 heterocycles. The van der Waals surface area contributed by atoms with Crippen molar-refractivity contribution in [1.82, 2.24) is 5.01 Å². The predicted octanol–water partition coefficient (Wildman–Crippen LogP) is 4.70. The maximum Gasteiger partial charge on any atom is 0.254 e. The molecule has 36 heavy (non-hydrogen) atoms. The Hall–Kier alpha value is -4.26. The van der Waals surface area contributed by atoms with Gasteiger partial charge in [0.1, 0.15) is 12.1 Å². The normalized spacial score (nSPS) is 22.6. The molecule has 2 amide bonds. The summed E-state index contributed by atoms with van der Waals surface area (Å²) >= 11 is 0. The Morgan fingerprint density at radius 3 is 2.17 bits per heavy atom. The molecule has 6 heteroatoms. The molecule has 6 nitrogen and oxygen atoms in total. The smallest absolute Gasteiger partial charge is 0.254 e. The van der Waals surface area contributed by atoms with Crippen LogP contribution in [0.4, 0.5) is 11.4 Å². The zero-order valence-electron chi connectivity index (χ0n) is 19.4. The number of benzene rings is 4. The number of para-hydroxylation sites is 2. The van der Waals surface area contributed by atoms with E-state index in [0.717, 1.165) is 22.0 Å². The first-order valence-electron chi connectivity index (χ1n) is 12.0. The number of anilines is 2. The number of aliphatic hydroxyl groups is 1. The average Bonchev–Trinajstić information content (AvgIpc) is 3.19. The minimum absolute atomic E-state index is 0.273. The van der Waals surface area contributed by atoms with Gasteiger partial charge in [-0.2, -0.15) is 0 Å². The monoisotopic (exact) mass is 475 g/mol. The van der Waals surface area contributed by atoms with Crippen molar-refractivity contribution in [2.75, 3.05) is 10.3 Å². The number of nitrogens with one attached hydrogen (secondary N) is 1. The van der Waals surface area contributed by atoms with Gasteiger partial charge in [-0.05, 0) is 40.6 Å². The van der Waals surface area contributed by atoms with Crippen LogP contribution in [0.5, 0.6) is 0 Å². The lowest BCUT2D eigenvalue weighted by molar-refractivity contribution is -0.123. The molecule has 2 N–H and O–H groups in total. The van der Waals surface area contributed by atoms with Crippen molar-refractivity contribution in [3.8, 4) is 0 Å². The van der Waals surface area contributed by atoms with E-state index in [4.69, 9.17) is 0 Å². The van der Waals surface area contributed by atoms with Crippen LogP contribution in [0.3, 0.4) is 0 Å². The number of carbonyl (C=O) groups is 2. The number of rotatable bonds is 5. The van der Waals surface area contributed by atoms with Crippen LogP contribution in [0.2, 0.25) is 0 Å².